The lowest BCUT2D eigenvalue weighted by Crippen LogP contribution is -2.46. The van der Waals surface area contributed by atoms with E-state index in [1.807, 2.05) is 24.3 Å². The molecular formula is C22H30O6Si2. The Morgan fingerprint density at radius 1 is 0.467 bits per heavy atom. The molecule has 0 aliphatic carbocycles. The molecular weight excluding hydrogens is 416 g/mol. The summed E-state index contributed by atoms with van der Waals surface area (Å²) in [5.41, 5.74) is 2.31. The van der Waals surface area contributed by atoms with E-state index in [4.69, 9.17) is 26.6 Å². The second-order valence-corrected chi connectivity index (χ2v) is 12.9. The molecule has 0 N–H and O–H groups in total. The molecule has 0 bridgehead atoms. The lowest BCUT2D eigenvalue weighted by Gasteiger charge is -2.28. The van der Waals surface area contributed by atoms with Crippen LogP contribution in [0.5, 0.6) is 0 Å². The van der Waals surface area contributed by atoms with E-state index in [0.29, 0.717) is 12.1 Å². The van der Waals surface area contributed by atoms with Crippen molar-refractivity contribution in [3.63, 3.8) is 0 Å². The molecule has 0 spiro atoms. The first-order valence-electron chi connectivity index (χ1n) is 9.74. The van der Waals surface area contributed by atoms with Crippen LogP contribution >= 0.6 is 0 Å². The summed E-state index contributed by atoms with van der Waals surface area (Å²) >= 11 is 0. The molecule has 3 aromatic rings. The minimum atomic E-state index is -2.84. The highest BCUT2D eigenvalue weighted by molar-refractivity contribution is 6.61. The molecule has 8 heteroatoms. The van der Waals surface area contributed by atoms with E-state index < -0.39 is 17.6 Å². The van der Waals surface area contributed by atoms with Crippen LogP contribution in [-0.4, -0.2) is 60.3 Å². The highest BCUT2D eigenvalue weighted by atomic mass is 28.4. The van der Waals surface area contributed by atoms with E-state index in [1.165, 1.54) is 0 Å². The number of fused-ring (bicyclic) bond motifs is 2. The molecule has 0 aliphatic heterocycles. The van der Waals surface area contributed by atoms with Gasteiger partial charge in [-0.15, -0.1) is 0 Å². The van der Waals surface area contributed by atoms with Crippen LogP contribution in [0.4, 0.5) is 0 Å². The molecule has 30 heavy (non-hydrogen) atoms. The van der Waals surface area contributed by atoms with Gasteiger partial charge in [-0.25, -0.2) is 0 Å². The predicted octanol–water partition coefficient (Wildman–Crippen LogP) is 3.91. The molecule has 0 unspecified atom stereocenters. The third kappa shape index (κ3) is 4.10. The van der Waals surface area contributed by atoms with Crippen LogP contribution in [0.25, 0.3) is 21.5 Å². The van der Waals surface area contributed by atoms with Gasteiger partial charge in [0.05, 0.1) is 0 Å². The van der Waals surface area contributed by atoms with E-state index >= 15 is 0 Å². The average Bonchev–Trinajstić information content (AvgIpc) is 2.82. The van der Waals surface area contributed by atoms with Crippen molar-refractivity contribution in [3.8, 4) is 0 Å². The largest absolute Gasteiger partial charge is 0.504 e. The van der Waals surface area contributed by atoms with Crippen LogP contribution in [0.2, 0.25) is 0 Å². The first kappa shape index (κ1) is 23.0. The Morgan fingerprint density at radius 2 is 0.700 bits per heavy atom. The summed E-state index contributed by atoms with van der Waals surface area (Å²) in [4.78, 5) is 0. The molecule has 0 fully saturated rings. The van der Waals surface area contributed by atoms with E-state index in [9.17, 15) is 0 Å². The van der Waals surface area contributed by atoms with Crippen LogP contribution in [0, 0.1) is 0 Å². The van der Waals surface area contributed by atoms with Crippen molar-refractivity contribution in [2.45, 2.75) is 12.1 Å². The molecule has 0 saturated carbocycles. The molecule has 3 rings (SSSR count). The van der Waals surface area contributed by atoms with Crippen LogP contribution in [0.1, 0.15) is 11.1 Å². The fraction of sp³-hybridized carbons (Fsp3) is 0.364. The Labute approximate surface area is 180 Å². The zero-order valence-electron chi connectivity index (χ0n) is 18.5. The zero-order chi connectivity index (χ0) is 21.8. The van der Waals surface area contributed by atoms with Crippen molar-refractivity contribution in [1.82, 2.24) is 0 Å². The molecule has 0 radical (unpaired) electrons. The van der Waals surface area contributed by atoms with Gasteiger partial charge in [-0.2, -0.15) is 0 Å². The van der Waals surface area contributed by atoms with Gasteiger partial charge in [-0.3, -0.25) is 0 Å². The van der Waals surface area contributed by atoms with Gasteiger partial charge in [0.2, 0.25) is 0 Å². The summed E-state index contributed by atoms with van der Waals surface area (Å²) in [5.74, 6) is 0. The van der Waals surface area contributed by atoms with E-state index in [0.717, 1.165) is 32.7 Å². The van der Waals surface area contributed by atoms with Gasteiger partial charge in [0.15, 0.2) is 0 Å². The zero-order valence-corrected chi connectivity index (χ0v) is 20.5. The molecule has 3 aromatic carbocycles. The van der Waals surface area contributed by atoms with Crippen molar-refractivity contribution in [2.75, 3.05) is 42.7 Å². The van der Waals surface area contributed by atoms with E-state index in [-0.39, 0.29) is 0 Å². The van der Waals surface area contributed by atoms with Crippen LogP contribution in [-0.2, 0) is 38.6 Å². The van der Waals surface area contributed by atoms with Gasteiger partial charge >= 0.3 is 17.6 Å². The fourth-order valence-corrected chi connectivity index (χ4v) is 7.55. The van der Waals surface area contributed by atoms with Gasteiger partial charge in [0.25, 0.3) is 0 Å². The van der Waals surface area contributed by atoms with E-state index in [1.54, 1.807) is 42.7 Å². The molecule has 162 valence electrons. The molecule has 0 saturated heterocycles. The monoisotopic (exact) mass is 446 g/mol. The van der Waals surface area contributed by atoms with Crippen molar-refractivity contribution < 1.29 is 26.6 Å². The molecule has 0 heterocycles. The minimum absolute atomic E-state index is 0.569. The van der Waals surface area contributed by atoms with Gasteiger partial charge in [-0.1, -0.05) is 48.5 Å². The lowest BCUT2D eigenvalue weighted by atomic mass is 9.93. The van der Waals surface area contributed by atoms with E-state index in [2.05, 4.69) is 24.3 Å². The molecule has 0 aromatic heterocycles. The lowest BCUT2D eigenvalue weighted by molar-refractivity contribution is 0.122. The van der Waals surface area contributed by atoms with Crippen molar-refractivity contribution in [2.24, 2.45) is 0 Å². The Bertz CT molecular complexity index is 848. The second-order valence-electron chi connectivity index (χ2n) is 6.99. The number of hydrogen-bond acceptors (Lipinski definition) is 6. The molecule has 0 aliphatic rings. The Morgan fingerprint density at radius 3 is 0.900 bits per heavy atom. The summed E-state index contributed by atoms with van der Waals surface area (Å²) in [6.07, 6.45) is 0. The maximum Gasteiger partial charge on any atom is 0.504 e. The quantitative estimate of drug-likeness (QED) is 0.348. The molecule has 0 atom stereocenters. The number of benzene rings is 3. The Hall–Kier alpha value is -1.63. The third-order valence-electron chi connectivity index (χ3n) is 5.81. The van der Waals surface area contributed by atoms with Crippen molar-refractivity contribution in [1.29, 1.82) is 0 Å². The van der Waals surface area contributed by atoms with Gasteiger partial charge in [0, 0.05) is 54.7 Å². The maximum absolute atomic E-state index is 5.74. The topological polar surface area (TPSA) is 55.4 Å². The Kier molecular flexibility index (Phi) is 7.43. The summed E-state index contributed by atoms with van der Waals surface area (Å²) < 4.78 is 34.5. The van der Waals surface area contributed by atoms with Gasteiger partial charge in [-0.05, 0) is 32.7 Å². The third-order valence-corrected chi connectivity index (χ3v) is 11.1. The molecule has 6 nitrogen and oxygen atoms in total. The highest BCUT2D eigenvalue weighted by Gasteiger charge is 2.41. The standard InChI is InChI=1S/C22H30O6Si2/c1-23-29(24-2,25-3)15-21-17-11-7-9-13-19(17)22(16-30(26-4,27-5)28-6)20-14-10-8-12-18(20)21/h7-14H,15-16H2,1-6H3. The van der Waals surface area contributed by atoms with Crippen LogP contribution in [0.15, 0.2) is 48.5 Å². The number of rotatable bonds is 10. The smallest absolute Gasteiger partial charge is 0.377 e. The van der Waals surface area contributed by atoms with Crippen molar-refractivity contribution >= 4 is 39.2 Å². The first-order chi connectivity index (χ1) is 14.5. The predicted molar refractivity (Wildman–Crippen MR) is 122 cm³/mol. The summed E-state index contributed by atoms with van der Waals surface area (Å²) in [5, 5.41) is 4.56. The maximum atomic E-state index is 5.74. The SMILES string of the molecule is CO[Si](Cc1c2ccccc2c(C[Si](OC)(OC)OC)c2ccccc12)(OC)OC. The van der Waals surface area contributed by atoms with Gasteiger partial charge < -0.3 is 26.6 Å². The Balaban J connectivity index is 2.33. The molecule has 0 amide bonds. The average molecular weight is 447 g/mol. The minimum Gasteiger partial charge on any atom is -0.377 e. The summed E-state index contributed by atoms with van der Waals surface area (Å²) in [7, 11) is 4.19. The van der Waals surface area contributed by atoms with Crippen LogP contribution in [0.3, 0.4) is 0 Å². The highest BCUT2D eigenvalue weighted by Crippen LogP contribution is 2.36. The summed E-state index contributed by atoms with van der Waals surface area (Å²) in [6, 6.07) is 17.9. The second kappa shape index (κ2) is 9.67. The fourth-order valence-electron chi connectivity index (χ4n) is 4.06. The normalized spacial score (nSPS) is 12.7. The summed E-state index contributed by atoms with van der Waals surface area (Å²) in [6.45, 7) is 0. The van der Waals surface area contributed by atoms with Crippen molar-refractivity contribution in [3.05, 3.63) is 59.7 Å². The first-order valence-corrected chi connectivity index (χ1v) is 13.6. The van der Waals surface area contributed by atoms with Crippen LogP contribution < -0.4 is 0 Å². The number of hydrogen-bond donors (Lipinski definition) is 0. The van der Waals surface area contributed by atoms with Gasteiger partial charge in [0.1, 0.15) is 0 Å².